The maximum atomic E-state index is 14.0. The molecule has 1 unspecified atom stereocenters. The minimum atomic E-state index is -4.03. The van der Waals surface area contributed by atoms with Crippen molar-refractivity contribution in [2.45, 2.75) is 44.8 Å². The number of aliphatic hydroxyl groups is 1. The monoisotopic (exact) mass is 300 g/mol. The molecule has 21 heavy (non-hydrogen) atoms. The molecule has 116 valence electrons. The Hall–Kier alpha value is -1.69. The molecule has 1 N–H and O–H groups in total. The number of alkyl halides is 2. The molecule has 0 amide bonds. The van der Waals surface area contributed by atoms with Crippen LogP contribution in [0.1, 0.15) is 38.0 Å². The van der Waals surface area contributed by atoms with E-state index in [4.69, 9.17) is 4.74 Å². The lowest BCUT2D eigenvalue weighted by atomic mass is 9.97. The zero-order valence-corrected chi connectivity index (χ0v) is 12.2. The number of para-hydroxylation sites is 1. The molecule has 4 nitrogen and oxygen atoms in total. The molecule has 0 saturated carbocycles. The van der Waals surface area contributed by atoms with Crippen molar-refractivity contribution in [3.63, 3.8) is 0 Å². The van der Waals surface area contributed by atoms with Gasteiger partial charge in [0.2, 0.25) is 0 Å². The van der Waals surface area contributed by atoms with Crippen molar-refractivity contribution in [1.29, 1.82) is 0 Å². The molecule has 0 aliphatic carbocycles. The molecule has 2 rings (SSSR count). The van der Waals surface area contributed by atoms with Gasteiger partial charge in [-0.05, 0) is 26.3 Å². The highest BCUT2D eigenvalue weighted by Crippen LogP contribution is 2.44. The Morgan fingerprint density at radius 2 is 2.19 bits per heavy atom. The van der Waals surface area contributed by atoms with Gasteiger partial charge in [0, 0.05) is 12.0 Å². The molecule has 0 radical (unpaired) electrons. The molecular weight excluding hydrogens is 282 g/mol. The van der Waals surface area contributed by atoms with E-state index in [1.165, 1.54) is 13.0 Å². The average Bonchev–Trinajstić information content (AvgIpc) is 2.71. The summed E-state index contributed by atoms with van der Waals surface area (Å²) in [6, 6.07) is 4.64. The molecule has 6 heteroatoms. The number of hydrogen-bond donors (Lipinski definition) is 1. The first-order valence-electron chi connectivity index (χ1n) is 6.73. The number of hydrogen-bond acceptors (Lipinski definition) is 4. The van der Waals surface area contributed by atoms with E-state index >= 15 is 0 Å². The van der Waals surface area contributed by atoms with Crippen molar-refractivity contribution in [3.8, 4) is 5.75 Å². The Morgan fingerprint density at radius 1 is 1.52 bits per heavy atom. The van der Waals surface area contributed by atoms with Gasteiger partial charge in [0.05, 0.1) is 6.61 Å². The highest BCUT2D eigenvalue weighted by atomic mass is 19.3. The smallest absolute Gasteiger partial charge is 0.380 e. The number of ether oxygens (including phenoxy) is 2. The second-order valence-corrected chi connectivity index (χ2v) is 5.62. The van der Waals surface area contributed by atoms with E-state index < -0.39 is 23.6 Å². The lowest BCUT2D eigenvalue weighted by molar-refractivity contribution is -0.189. The van der Waals surface area contributed by atoms with Crippen LogP contribution in [0.5, 0.6) is 5.75 Å². The van der Waals surface area contributed by atoms with Crippen molar-refractivity contribution < 1.29 is 28.2 Å². The first-order valence-corrected chi connectivity index (χ1v) is 6.73. The van der Waals surface area contributed by atoms with Crippen LogP contribution in [-0.2, 0) is 16.0 Å². The van der Waals surface area contributed by atoms with Gasteiger partial charge in [-0.3, -0.25) is 0 Å². The van der Waals surface area contributed by atoms with E-state index in [1.54, 1.807) is 12.1 Å². The van der Waals surface area contributed by atoms with Crippen molar-refractivity contribution >= 4 is 5.97 Å². The zero-order chi connectivity index (χ0) is 15.8. The van der Waals surface area contributed by atoms with Crippen molar-refractivity contribution in [3.05, 3.63) is 29.3 Å². The lowest BCUT2D eigenvalue weighted by Gasteiger charge is -2.23. The second kappa shape index (κ2) is 5.26. The first-order chi connectivity index (χ1) is 9.69. The summed E-state index contributed by atoms with van der Waals surface area (Å²) in [6.45, 7) is 4.89. The lowest BCUT2D eigenvalue weighted by Crippen LogP contribution is -2.37. The molecule has 1 aliphatic rings. The third-order valence-corrected chi connectivity index (χ3v) is 3.31. The van der Waals surface area contributed by atoms with Crippen LogP contribution in [-0.4, -0.2) is 29.2 Å². The van der Waals surface area contributed by atoms with Crippen LogP contribution < -0.4 is 4.74 Å². The van der Waals surface area contributed by atoms with Gasteiger partial charge in [0.1, 0.15) is 11.4 Å². The van der Waals surface area contributed by atoms with Gasteiger partial charge in [-0.2, -0.15) is 8.78 Å². The van der Waals surface area contributed by atoms with Crippen LogP contribution in [0.2, 0.25) is 0 Å². The van der Waals surface area contributed by atoms with E-state index in [2.05, 4.69) is 4.74 Å². The molecule has 0 bridgehead atoms. The summed E-state index contributed by atoms with van der Waals surface area (Å²) in [5, 5.41) is 9.95. The summed E-state index contributed by atoms with van der Waals surface area (Å²) in [5.74, 6) is -5.55. The molecule has 0 aromatic heterocycles. The predicted octanol–water partition coefficient (Wildman–Crippen LogP) is 2.63. The fourth-order valence-electron chi connectivity index (χ4n) is 2.39. The number of rotatable bonds is 4. The van der Waals surface area contributed by atoms with E-state index in [0.29, 0.717) is 6.42 Å². The predicted molar refractivity (Wildman–Crippen MR) is 71.4 cm³/mol. The quantitative estimate of drug-likeness (QED) is 0.869. The molecular formula is C15H18F2O4. The van der Waals surface area contributed by atoms with Crippen LogP contribution >= 0.6 is 0 Å². The SMILES string of the molecule is CCOC(=O)C(F)(F)C(O)c1cccc2c1OC(C)(C)C2. The van der Waals surface area contributed by atoms with E-state index in [9.17, 15) is 18.7 Å². The molecule has 1 heterocycles. The Kier molecular flexibility index (Phi) is 3.93. The zero-order valence-electron chi connectivity index (χ0n) is 12.2. The normalized spacial score (nSPS) is 17.8. The fraction of sp³-hybridized carbons (Fsp3) is 0.533. The maximum absolute atomic E-state index is 14.0. The summed E-state index contributed by atoms with van der Waals surface area (Å²) < 4.78 is 37.9. The van der Waals surface area contributed by atoms with Crippen LogP contribution in [0.4, 0.5) is 8.78 Å². The van der Waals surface area contributed by atoms with Crippen molar-refractivity contribution in [2.24, 2.45) is 0 Å². The van der Waals surface area contributed by atoms with E-state index in [0.717, 1.165) is 5.56 Å². The van der Waals surface area contributed by atoms with Gasteiger partial charge < -0.3 is 14.6 Å². The maximum Gasteiger partial charge on any atom is 0.380 e. The minimum Gasteiger partial charge on any atom is -0.487 e. The third-order valence-electron chi connectivity index (χ3n) is 3.31. The fourth-order valence-corrected chi connectivity index (χ4v) is 2.39. The van der Waals surface area contributed by atoms with Gasteiger partial charge in [-0.15, -0.1) is 0 Å². The van der Waals surface area contributed by atoms with Crippen LogP contribution in [0.15, 0.2) is 18.2 Å². The highest BCUT2D eigenvalue weighted by Gasteiger charge is 2.50. The molecule has 1 aromatic rings. The molecule has 1 aromatic carbocycles. The number of fused-ring (bicyclic) bond motifs is 1. The standard InChI is InChI=1S/C15H18F2O4/c1-4-20-13(19)15(16,17)12(18)10-7-5-6-9-8-14(2,3)21-11(9)10/h5-7,12,18H,4,8H2,1-3H3. The summed E-state index contributed by atoms with van der Waals surface area (Å²) in [7, 11) is 0. The van der Waals surface area contributed by atoms with Gasteiger partial charge >= 0.3 is 11.9 Å². The Labute approximate surface area is 121 Å². The summed E-state index contributed by atoms with van der Waals surface area (Å²) in [4.78, 5) is 11.3. The van der Waals surface area contributed by atoms with Crippen LogP contribution in [0, 0.1) is 0 Å². The Balaban J connectivity index is 2.36. The van der Waals surface area contributed by atoms with Gasteiger partial charge in [0.25, 0.3) is 0 Å². The highest BCUT2D eigenvalue weighted by molar-refractivity contribution is 5.79. The van der Waals surface area contributed by atoms with Gasteiger partial charge in [0.15, 0.2) is 6.10 Å². The minimum absolute atomic E-state index is 0.101. The summed E-state index contributed by atoms with van der Waals surface area (Å²) in [5.41, 5.74) is 0.101. The van der Waals surface area contributed by atoms with E-state index in [1.807, 2.05) is 13.8 Å². The molecule has 0 saturated heterocycles. The number of halogens is 2. The Morgan fingerprint density at radius 3 is 2.81 bits per heavy atom. The van der Waals surface area contributed by atoms with Crippen LogP contribution in [0.25, 0.3) is 0 Å². The molecule has 1 atom stereocenters. The van der Waals surface area contributed by atoms with Crippen molar-refractivity contribution in [1.82, 2.24) is 0 Å². The van der Waals surface area contributed by atoms with Crippen LogP contribution in [0.3, 0.4) is 0 Å². The van der Waals surface area contributed by atoms with Crippen molar-refractivity contribution in [2.75, 3.05) is 6.61 Å². The molecule has 0 fully saturated rings. The molecule has 0 spiro atoms. The average molecular weight is 300 g/mol. The summed E-state index contributed by atoms with van der Waals surface area (Å²) >= 11 is 0. The number of benzene rings is 1. The third kappa shape index (κ3) is 2.85. The van der Waals surface area contributed by atoms with Gasteiger partial charge in [-0.1, -0.05) is 18.2 Å². The Bertz CT molecular complexity index is 555. The number of carbonyl (C=O) groups excluding carboxylic acids is 1. The number of esters is 1. The molecule has 1 aliphatic heterocycles. The van der Waals surface area contributed by atoms with E-state index in [-0.39, 0.29) is 17.9 Å². The number of aliphatic hydroxyl groups excluding tert-OH is 1. The first kappa shape index (κ1) is 15.7. The largest absolute Gasteiger partial charge is 0.487 e. The summed E-state index contributed by atoms with van der Waals surface area (Å²) in [6.07, 6.45) is -1.76. The number of carbonyl (C=O) groups is 1. The topological polar surface area (TPSA) is 55.8 Å². The van der Waals surface area contributed by atoms with Gasteiger partial charge in [-0.25, -0.2) is 4.79 Å². The second-order valence-electron chi connectivity index (χ2n) is 5.62.